The van der Waals surface area contributed by atoms with Crippen molar-refractivity contribution in [1.29, 1.82) is 0 Å². The number of hydrogen-bond acceptors (Lipinski definition) is 3. The molecular weight excluding hydrogens is 155 g/mol. The number of carbonyl (C=O) groups is 1. The molecule has 0 fully saturated rings. The van der Waals surface area contributed by atoms with Gasteiger partial charge in [-0.1, -0.05) is 0 Å². The second-order valence-electron chi connectivity index (χ2n) is 2.14. The number of esters is 1. The molecule has 1 N–H and O–H groups in total. The van der Waals surface area contributed by atoms with Gasteiger partial charge in [0.2, 0.25) is 7.37 Å². The Morgan fingerprint density at radius 1 is 1.70 bits per heavy atom. The molecule has 0 rings (SSSR count). The third-order valence-corrected chi connectivity index (χ3v) is 2.91. The molecule has 0 spiro atoms. The second kappa shape index (κ2) is 3.17. The number of rotatable bonds is 2. The molecule has 0 aliphatic heterocycles. The summed E-state index contributed by atoms with van der Waals surface area (Å²) < 4.78 is 15.0. The van der Waals surface area contributed by atoms with Crippen LogP contribution in [-0.4, -0.2) is 30.3 Å². The van der Waals surface area contributed by atoms with Crippen molar-refractivity contribution >= 4 is 13.3 Å². The zero-order valence-electron chi connectivity index (χ0n) is 6.20. The Bertz CT molecular complexity index is 170. The molecule has 0 saturated carbocycles. The fourth-order valence-electron chi connectivity index (χ4n) is 0.366. The first-order valence-corrected chi connectivity index (χ1v) is 4.95. The molecular formula is C5H11O4P. The van der Waals surface area contributed by atoms with Gasteiger partial charge in [-0.3, -0.25) is 9.36 Å². The first-order valence-electron chi connectivity index (χ1n) is 2.77. The largest absolute Gasteiger partial charge is 0.468 e. The Balaban J connectivity index is 4.23. The monoisotopic (exact) mass is 166 g/mol. The number of hydrogen-bond donors (Lipinski definition) is 1. The van der Waals surface area contributed by atoms with Crippen molar-refractivity contribution in [2.45, 2.75) is 12.6 Å². The van der Waals surface area contributed by atoms with Gasteiger partial charge in [-0.05, 0) is 6.92 Å². The molecule has 0 bridgehead atoms. The van der Waals surface area contributed by atoms with Crippen LogP contribution in [0.3, 0.4) is 0 Å². The minimum atomic E-state index is -3.30. The van der Waals surface area contributed by atoms with Crippen molar-refractivity contribution in [1.82, 2.24) is 0 Å². The fraction of sp³-hybridized carbons (Fsp3) is 0.800. The number of ether oxygens (including phenoxy) is 1. The molecule has 0 amide bonds. The third-order valence-electron chi connectivity index (χ3n) is 1.26. The van der Waals surface area contributed by atoms with Crippen LogP contribution in [0.5, 0.6) is 0 Å². The Morgan fingerprint density at radius 2 is 2.10 bits per heavy atom. The molecule has 0 aromatic carbocycles. The van der Waals surface area contributed by atoms with Crippen molar-refractivity contribution in [2.75, 3.05) is 13.8 Å². The highest BCUT2D eigenvalue weighted by Gasteiger charge is 2.28. The molecule has 0 aromatic heterocycles. The summed E-state index contributed by atoms with van der Waals surface area (Å²) in [5.41, 5.74) is -0.919. The van der Waals surface area contributed by atoms with E-state index in [0.29, 0.717) is 0 Å². The summed E-state index contributed by atoms with van der Waals surface area (Å²) in [7, 11) is -2.11. The van der Waals surface area contributed by atoms with Crippen LogP contribution < -0.4 is 0 Å². The van der Waals surface area contributed by atoms with Gasteiger partial charge in [0.15, 0.2) is 0 Å². The fourth-order valence-corrected chi connectivity index (χ4v) is 0.863. The first-order chi connectivity index (χ1) is 4.39. The number of methoxy groups -OCH3 is 1. The summed E-state index contributed by atoms with van der Waals surface area (Å²) in [4.78, 5) is 19.4. The third kappa shape index (κ3) is 2.50. The summed E-state index contributed by atoms with van der Waals surface area (Å²) in [5.74, 6) is -0.645. The maximum atomic E-state index is 10.8. The van der Waals surface area contributed by atoms with Crippen molar-refractivity contribution in [3.05, 3.63) is 0 Å². The lowest BCUT2D eigenvalue weighted by Crippen LogP contribution is -2.18. The van der Waals surface area contributed by atoms with Gasteiger partial charge in [0.05, 0.1) is 7.11 Å². The molecule has 2 atom stereocenters. The van der Waals surface area contributed by atoms with Crippen LogP contribution >= 0.6 is 7.37 Å². The van der Waals surface area contributed by atoms with Crippen molar-refractivity contribution < 1.29 is 19.0 Å². The van der Waals surface area contributed by atoms with E-state index in [0.717, 1.165) is 6.66 Å². The van der Waals surface area contributed by atoms with E-state index in [2.05, 4.69) is 4.74 Å². The molecule has 0 heterocycles. The van der Waals surface area contributed by atoms with Crippen LogP contribution in [0.15, 0.2) is 0 Å². The molecule has 5 heteroatoms. The smallest absolute Gasteiger partial charge is 0.318 e. The van der Waals surface area contributed by atoms with Crippen molar-refractivity contribution in [2.24, 2.45) is 0 Å². The van der Waals surface area contributed by atoms with Gasteiger partial charge < -0.3 is 9.63 Å². The topological polar surface area (TPSA) is 63.6 Å². The normalized spacial score (nSPS) is 19.2. The van der Waals surface area contributed by atoms with Crippen molar-refractivity contribution in [3.8, 4) is 0 Å². The van der Waals surface area contributed by atoms with E-state index >= 15 is 0 Å². The molecule has 4 nitrogen and oxygen atoms in total. The predicted molar refractivity (Wildman–Crippen MR) is 37.2 cm³/mol. The molecule has 2 unspecified atom stereocenters. The lowest BCUT2D eigenvalue weighted by Gasteiger charge is -2.11. The van der Waals surface area contributed by atoms with E-state index in [-0.39, 0.29) is 0 Å². The van der Waals surface area contributed by atoms with Crippen molar-refractivity contribution in [3.63, 3.8) is 0 Å². The highest BCUT2D eigenvalue weighted by Crippen LogP contribution is 2.41. The first kappa shape index (κ1) is 9.66. The highest BCUT2D eigenvalue weighted by atomic mass is 31.2. The van der Waals surface area contributed by atoms with E-state index in [4.69, 9.17) is 4.89 Å². The number of carbonyl (C=O) groups excluding carboxylic acids is 1. The molecule has 0 aliphatic rings. The average molecular weight is 166 g/mol. The Kier molecular flexibility index (Phi) is 3.06. The summed E-state index contributed by atoms with van der Waals surface area (Å²) in [5, 5.41) is 0. The van der Waals surface area contributed by atoms with Crippen LogP contribution in [0, 0.1) is 0 Å². The van der Waals surface area contributed by atoms with Gasteiger partial charge in [-0.25, -0.2) is 0 Å². The summed E-state index contributed by atoms with van der Waals surface area (Å²) in [6, 6.07) is 0. The zero-order chi connectivity index (χ0) is 8.36. The van der Waals surface area contributed by atoms with E-state index in [1.54, 1.807) is 0 Å². The van der Waals surface area contributed by atoms with E-state index in [1.165, 1.54) is 14.0 Å². The summed E-state index contributed by atoms with van der Waals surface area (Å²) >= 11 is 0. The van der Waals surface area contributed by atoms with Gasteiger partial charge in [-0.15, -0.1) is 0 Å². The average Bonchev–Trinajstić information content (AvgIpc) is 1.83. The van der Waals surface area contributed by atoms with E-state index < -0.39 is 19.0 Å². The van der Waals surface area contributed by atoms with E-state index in [9.17, 15) is 9.36 Å². The Hall–Kier alpha value is -0.340. The molecule has 0 aromatic rings. The Morgan fingerprint density at radius 3 is 2.20 bits per heavy atom. The molecule has 0 radical (unpaired) electrons. The molecule has 0 saturated heterocycles. The predicted octanol–water partition coefficient (Wildman–Crippen LogP) is 0.448. The van der Waals surface area contributed by atoms with Gasteiger partial charge in [-0.2, -0.15) is 0 Å². The van der Waals surface area contributed by atoms with Gasteiger partial charge in [0.1, 0.15) is 5.66 Å². The zero-order valence-corrected chi connectivity index (χ0v) is 7.09. The summed E-state index contributed by atoms with van der Waals surface area (Å²) in [6.45, 7) is 2.50. The standard InChI is InChI=1S/C5H11O4P/c1-4(5(6)9-2)10(3,7)8/h4H,1-3H3,(H,7,8). The van der Waals surface area contributed by atoms with Gasteiger partial charge in [0, 0.05) is 6.66 Å². The van der Waals surface area contributed by atoms with Crippen LogP contribution in [0.1, 0.15) is 6.92 Å². The van der Waals surface area contributed by atoms with Gasteiger partial charge in [0.25, 0.3) is 0 Å². The lowest BCUT2D eigenvalue weighted by atomic mass is 10.5. The van der Waals surface area contributed by atoms with Crippen LogP contribution in [0.4, 0.5) is 0 Å². The minimum Gasteiger partial charge on any atom is -0.468 e. The van der Waals surface area contributed by atoms with Crippen LogP contribution in [0.2, 0.25) is 0 Å². The van der Waals surface area contributed by atoms with Crippen LogP contribution in [0.25, 0.3) is 0 Å². The maximum absolute atomic E-state index is 10.8. The SMILES string of the molecule is COC(=O)C(C)P(C)(=O)O. The minimum absolute atomic E-state index is 0.645. The van der Waals surface area contributed by atoms with Crippen LogP contribution in [-0.2, 0) is 14.1 Å². The summed E-state index contributed by atoms with van der Waals surface area (Å²) in [6.07, 6.45) is 0. The Labute approximate surface area is 59.6 Å². The maximum Gasteiger partial charge on any atom is 0.318 e. The molecule has 10 heavy (non-hydrogen) atoms. The highest BCUT2D eigenvalue weighted by molar-refractivity contribution is 7.58. The molecule has 0 aliphatic carbocycles. The van der Waals surface area contributed by atoms with E-state index in [1.807, 2.05) is 0 Å². The second-order valence-corrected chi connectivity index (χ2v) is 4.80. The van der Waals surface area contributed by atoms with Gasteiger partial charge >= 0.3 is 5.97 Å². The molecule has 60 valence electrons. The quantitative estimate of drug-likeness (QED) is 0.477. The lowest BCUT2D eigenvalue weighted by molar-refractivity contribution is -0.139.